The third-order valence-electron chi connectivity index (χ3n) is 9.03. The van der Waals surface area contributed by atoms with Crippen molar-refractivity contribution in [1.29, 1.82) is 0 Å². The molecule has 2 atom stereocenters. The highest BCUT2D eigenvalue weighted by Crippen LogP contribution is 2.34. The molecule has 3 N–H and O–H groups in total. The van der Waals surface area contributed by atoms with Crippen LogP contribution < -0.4 is 20.9 Å². The van der Waals surface area contributed by atoms with Crippen molar-refractivity contribution >= 4 is 28.9 Å². The van der Waals surface area contributed by atoms with Crippen LogP contribution in [0.1, 0.15) is 45.7 Å². The molecule has 2 aliphatic rings. The maximum atomic E-state index is 13.7. The van der Waals surface area contributed by atoms with Gasteiger partial charge in [0.05, 0.1) is 42.4 Å². The molecule has 0 spiro atoms. The Balaban J connectivity index is 1.22. The van der Waals surface area contributed by atoms with Gasteiger partial charge in [-0.25, -0.2) is 0 Å². The van der Waals surface area contributed by atoms with Crippen molar-refractivity contribution < 1.29 is 32.2 Å². The summed E-state index contributed by atoms with van der Waals surface area (Å²) in [7, 11) is 0. The van der Waals surface area contributed by atoms with Gasteiger partial charge < -0.3 is 30.3 Å². The Morgan fingerprint density at radius 1 is 0.885 bits per heavy atom. The first-order valence-electron chi connectivity index (χ1n) is 17.4. The molecule has 2 unspecified atom stereocenters. The van der Waals surface area contributed by atoms with Crippen LogP contribution in [0.15, 0.2) is 85.1 Å². The number of benzene rings is 3. The van der Waals surface area contributed by atoms with E-state index >= 15 is 0 Å². The van der Waals surface area contributed by atoms with Gasteiger partial charge >= 0.3 is 6.18 Å². The number of amides is 2. The van der Waals surface area contributed by atoms with E-state index in [0.717, 1.165) is 62.9 Å². The summed E-state index contributed by atoms with van der Waals surface area (Å²) in [6, 6.07) is 21.0. The van der Waals surface area contributed by atoms with E-state index in [-0.39, 0.29) is 30.2 Å². The normalized spacial score (nSPS) is 18.1. The highest BCUT2D eigenvalue weighted by atomic mass is 19.4. The van der Waals surface area contributed by atoms with Crippen LogP contribution in [0.3, 0.4) is 0 Å². The smallest absolute Gasteiger partial charge is 0.384 e. The molecule has 2 amide bonds. The Morgan fingerprint density at radius 3 is 2.40 bits per heavy atom. The molecule has 0 aliphatic carbocycles. The lowest BCUT2D eigenvalue weighted by Crippen LogP contribution is -2.45. The molecule has 0 saturated carbocycles. The first kappa shape index (κ1) is 36.8. The topological polar surface area (TPSA) is 108 Å². The van der Waals surface area contributed by atoms with E-state index < -0.39 is 17.6 Å². The molecule has 2 aliphatic heterocycles. The summed E-state index contributed by atoms with van der Waals surface area (Å²) in [5.41, 5.74) is 3.56. The quantitative estimate of drug-likeness (QED) is 0.166. The molecule has 10 nitrogen and oxygen atoms in total. The van der Waals surface area contributed by atoms with Crippen molar-refractivity contribution in [3.63, 3.8) is 0 Å². The SMILES string of the molecule is CC1CN(c2ccc(NC(=O)c3cccc(NCCN4CCOCC4)c3)c(-c3cc(C(=O)NCc4cccc(C(F)(F)F)c4)ccn3)c2)CC(C)O1. The van der Waals surface area contributed by atoms with Gasteiger partial charge in [-0.3, -0.25) is 19.5 Å². The van der Waals surface area contributed by atoms with Crippen LogP contribution in [-0.4, -0.2) is 86.4 Å². The van der Waals surface area contributed by atoms with E-state index in [4.69, 9.17) is 9.47 Å². The molecule has 2 saturated heterocycles. The Bertz CT molecular complexity index is 1860. The highest BCUT2D eigenvalue weighted by molar-refractivity contribution is 6.07. The van der Waals surface area contributed by atoms with Crippen LogP contribution in [0.5, 0.6) is 0 Å². The summed E-state index contributed by atoms with van der Waals surface area (Å²) >= 11 is 0. The number of alkyl halides is 3. The summed E-state index contributed by atoms with van der Waals surface area (Å²) in [6.07, 6.45) is -2.95. The first-order chi connectivity index (χ1) is 25.0. The number of nitrogens with zero attached hydrogens (tertiary/aromatic N) is 3. The van der Waals surface area contributed by atoms with Crippen molar-refractivity contribution in [2.24, 2.45) is 0 Å². The molecule has 3 heterocycles. The zero-order valence-electron chi connectivity index (χ0n) is 29.2. The summed E-state index contributed by atoms with van der Waals surface area (Å²) in [5.74, 6) is -0.786. The second-order valence-electron chi connectivity index (χ2n) is 13.1. The molecule has 0 radical (unpaired) electrons. The summed E-state index contributed by atoms with van der Waals surface area (Å²) in [4.78, 5) is 36.0. The minimum Gasteiger partial charge on any atom is -0.384 e. The fraction of sp³-hybridized carbons (Fsp3) is 0.359. The molecule has 1 aromatic heterocycles. The largest absolute Gasteiger partial charge is 0.416 e. The Labute approximate surface area is 301 Å². The van der Waals surface area contributed by atoms with Crippen molar-refractivity contribution in [3.8, 4) is 11.3 Å². The second-order valence-corrected chi connectivity index (χ2v) is 13.1. The zero-order valence-corrected chi connectivity index (χ0v) is 29.2. The van der Waals surface area contributed by atoms with Gasteiger partial charge in [0.25, 0.3) is 11.8 Å². The maximum absolute atomic E-state index is 13.7. The maximum Gasteiger partial charge on any atom is 0.416 e. The van der Waals surface area contributed by atoms with Crippen LogP contribution in [0.25, 0.3) is 11.3 Å². The van der Waals surface area contributed by atoms with Gasteiger partial charge in [0.1, 0.15) is 0 Å². The summed E-state index contributed by atoms with van der Waals surface area (Å²) in [6.45, 7) is 10.2. The van der Waals surface area contributed by atoms with E-state index in [0.29, 0.717) is 41.2 Å². The van der Waals surface area contributed by atoms with E-state index in [1.54, 1.807) is 12.1 Å². The Kier molecular flexibility index (Phi) is 11.7. The number of anilines is 3. The molecule has 2 fully saturated rings. The average molecular weight is 717 g/mol. The number of carbonyl (C=O) groups excluding carboxylic acids is 2. The van der Waals surface area contributed by atoms with Crippen LogP contribution in [0, 0.1) is 0 Å². The third kappa shape index (κ3) is 9.66. The molecule has 13 heteroatoms. The number of ether oxygens (including phenoxy) is 2. The van der Waals surface area contributed by atoms with Crippen LogP contribution >= 0.6 is 0 Å². The molecule has 52 heavy (non-hydrogen) atoms. The zero-order chi connectivity index (χ0) is 36.7. The third-order valence-corrected chi connectivity index (χ3v) is 9.03. The predicted molar refractivity (Wildman–Crippen MR) is 195 cm³/mol. The fourth-order valence-corrected chi connectivity index (χ4v) is 6.45. The van der Waals surface area contributed by atoms with Gasteiger partial charge in [-0.1, -0.05) is 18.2 Å². The standard InChI is InChI=1S/C39H43F3N6O4/c1-26-24-48(25-27(2)52-26)33-9-10-35(46-38(50)29-6-4-8-32(20-29)43-13-14-47-15-17-51-18-16-47)34(22-33)36-21-30(11-12-44-36)37(49)45-23-28-5-3-7-31(19-28)39(40,41)42/h3-12,19-22,26-27,43H,13-18,23-25H2,1-2H3,(H,45,49)(H,46,50). The second kappa shape index (κ2) is 16.6. The number of rotatable bonds is 11. The Hall–Kier alpha value is -4.98. The van der Waals surface area contributed by atoms with Crippen LogP contribution in [0.2, 0.25) is 0 Å². The van der Waals surface area contributed by atoms with Gasteiger partial charge in [-0.05, 0) is 80.1 Å². The first-order valence-corrected chi connectivity index (χ1v) is 17.4. The fourth-order valence-electron chi connectivity index (χ4n) is 6.45. The van der Waals surface area contributed by atoms with Gasteiger partial charge in [-0.2, -0.15) is 13.2 Å². The van der Waals surface area contributed by atoms with Crippen molar-refractivity contribution in [3.05, 3.63) is 107 Å². The lowest BCUT2D eigenvalue weighted by Gasteiger charge is -2.37. The number of hydrogen-bond acceptors (Lipinski definition) is 8. The van der Waals surface area contributed by atoms with E-state index in [1.165, 1.54) is 24.4 Å². The summed E-state index contributed by atoms with van der Waals surface area (Å²) in [5, 5.41) is 9.18. The lowest BCUT2D eigenvalue weighted by atomic mass is 10.0. The monoisotopic (exact) mass is 716 g/mol. The van der Waals surface area contributed by atoms with E-state index in [2.05, 4.69) is 30.7 Å². The minimum atomic E-state index is -4.48. The highest BCUT2D eigenvalue weighted by Gasteiger charge is 2.30. The number of nitrogens with one attached hydrogen (secondary N) is 3. The molecule has 4 aromatic rings. The molecular weight excluding hydrogens is 673 g/mol. The number of aromatic nitrogens is 1. The summed E-state index contributed by atoms with van der Waals surface area (Å²) < 4.78 is 51.0. The van der Waals surface area contributed by atoms with Crippen molar-refractivity contribution in [1.82, 2.24) is 15.2 Å². The molecule has 0 bridgehead atoms. The minimum absolute atomic E-state index is 0.0170. The number of pyridine rings is 1. The van der Waals surface area contributed by atoms with E-state index in [9.17, 15) is 22.8 Å². The van der Waals surface area contributed by atoms with E-state index in [1.807, 2.05) is 50.2 Å². The van der Waals surface area contributed by atoms with Crippen molar-refractivity contribution in [2.45, 2.75) is 38.8 Å². The van der Waals surface area contributed by atoms with Crippen LogP contribution in [0.4, 0.5) is 30.2 Å². The number of halogens is 3. The van der Waals surface area contributed by atoms with Gasteiger partial charge in [0.2, 0.25) is 0 Å². The number of morpholine rings is 2. The molecule has 274 valence electrons. The average Bonchev–Trinajstić information content (AvgIpc) is 3.14. The molecular formula is C39H43F3N6O4. The van der Waals surface area contributed by atoms with Crippen molar-refractivity contribution in [2.75, 3.05) is 68.0 Å². The number of carbonyl (C=O) groups is 2. The van der Waals surface area contributed by atoms with Crippen LogP contribution in [-0.2, 0) is 22.2 Å². The van der Waals surface area contributed by atoms with Gasteiger partial charge in [-0.15, -0.1) is 0 Å². The van der Waals surface area contributed by atoms with Gasteiger partial charge in [0, 0.05) is 80.1 Å². The predicted octanol–water partition coefficient (Wildman–Crippen LogP) is 6.31. The Morgan fingerprint density at radius 2 is 1.63 bits per heavy atom. The van der Waals surface area contributed by atoms with Gasteiger partial charge in [0.15, 0.2) is 0 Å². The number of hydrogen-bond donors (Lipinski definition) is 3. The molecule has 6 rings (SSSR count). The lowest BCUT2D eigenvalue weighted by molar-refractivity contribution is -0.137. The molecule has 3 aromatic carbocycles.